The minimum absolute atomic E-state index is 0.371. The molecule has 19 heavy (non-hydrogen) atoms. The van der Waals surface area contributed by atoms with Crippen LogP contribution in [0, 0.1) is 0 Å². The molecule has 0 aromatic rings. The molecular weight excluding hydrogens is 258 g/mol. The van der Waals surface area contributed by atoms with Gasteiger partial charge in [0, 0.05) is 49.1 Å². The molecule has 0 spiro atoms. The molecule has 1 aliphatic carbocycles. The van der Waals surface area contributed by atoms with Gasteiger partial charge in [-0.25, -0.2) is 0 Å². The zero-order valence-corrected chi connectivity index (χ0v) is 12.4. The van der Waals surface area contributed by atoms with Crippen LogP contribution in [0.5, 0.6) is 0 Å². The van der Waals surface area contributed by atoms with Gasteiger partial charge in [0.05, 0.1) is 0 Å². The maximum Gasteiger partial charge on any atom is 0.224 e. The van der Waals surface area contributed by atoms with Gasteiger partial charge < -0.3 is 15.5 Å². The smallest absolute Gasteiger partial charge is 0.224 e. The Morgan fingerprint density at radius 1 is 1.16 bits per heavy atom. The molecule has 4 nitrogen and oxygen atoms in total. The highest BCUT2D eigenvalue weighted by Crippen LogP contribution is 2.28. The third-order valence-corrected chi connectivity index (χ3v) is 5.44. The molecule has 1 amide bonds. The van der Waals surface area contributed by atoms with E-state index in [1.54, 1.807) is 0 Å². The summed E-state index contributed by atoms with van der Waals surface area (Å²) in [5, 5.41) is 6.99. The van der Waals surface area contributed by atoms with E-state index in [1.807, 2.05) is 11.8 Å². The van der Waals surface area contributed by atoms with E-state index in [1.165, 1.54) is 31.4 Å². The fraction of sp³-hybridized carbons (Fsp3) is 0.929. The third kappa shape index (κ3) is 3.86. The topological polar surface area (TPSA) is 44.4 Å². The largest absolute Gasteiger partial charge is 0.338 e. The number of carbonyl (C=O) groups excluding carboxylic acids is 1. The molecule has 1 saturated carbocycles. The van der Waals surface area contributed by atoms with Gasteiger partial charge in [0.25, 0.3) is 0 Å². The van der Waals surface area contributed by atoms with Crippen LogP contribution in [-0.4, -0.2) is 60.1 Å². The summed E-state index contributed by atoms with van der Waals surface area (Å²) in [6.45, 7) is 3.11. The zero-order valence-electron chi connectivity index (χ0n) is 11.6. The molecule has 2 heterocycles. The second-order valence-electron chi connectivity index (χ2n) is 6.00. The van der Waals surface area contributed by atoms with Gasteiger partial charge in [-0.1, -0.05) is 0 Å². The summed E-state index contributed by atoms with van der Waals surface area (Å²) >= 11 is 1.97. The minimum Gasteiger partial charge on any atom is -0.338 e. The van der Waals surface area contributed by atoms with Crippen molar-refractivity contribution in [3.63, 3.8) is 0 Å². The van der Waals surface area contributed by atoms with Crippen LogP contribution in [0.25, 0.3) is 0 Å². The first-order chi connectivity index (χ1) is 9.33. The molecule has 3 aliphatic rings. The van der Waals surface area contributed by atoms with Crippen molar-refractivity contribution in [2.45, 2.75) is 50.2 Å². The summed E-state index contributed by atoms with van der Waals surface area (Å²) in [5.74, 6) is 2.64. The molecule has 0 unspecified atom stereocenters. The van der Waals surface area contributed by atoms with Crippen LogP contribution in [-0.2, 0) is 4.79 Å². The Morgan fingerprint density at radius 3 is 2.63 bits per heavy atom. The highest BCUT2D eigenvalue weighted by molar-refractivity contribution is 7.99. The lowest BCUT2D eigenvalue weighted by atomic mass is 10.1. The Bertz CT molecular complexity index is 310. The van der Waals surface area contributed by atoms with Crippen molar-refractivity contribution in [3.8, 4) is 0 Å². The van der Waals surface area contributed by atoms with Crippen LogP contribution in [0.1, 0.15) is 32.1 Å². The SMILES string of the molecule is O=C(C[C@H]1CSCCN1)N(C[C@H]1CCCN1)C1CC1. The zero-order chi connectivity index (χ0) is 13.1. The number of rotatable bonds is 5. The first kappa shape index (κ1) is 13.7. The predicted molar refractivity (Wildman–Crippen MR) is 79.5 cm³/mol. The van der Waals surface area contributed by atoms with Gasteiger partial charge in [-0.15, -0.1) is 0 Å². The Kier molecular flexibility index (Phi) is 4.66. The van der Waals surface area contributed by atoms with Crippen LogP contribution in [0.3, 0.4) is 0 Å². The van der Waals surface area contributed by atoms with E-state index in [9.17, 15) is 4.79 Å². The average molecular weight is 283 g/mol. The second kappa shape index (κ2) is 6.46. The fourth-order valence-corrected chi connectivity index (χ4v) is 4.02. The first-order valence-corrected chi connectivity index (χ1v) is 8.82. The molecule has 108 valence electrons. The van der Waals surface area contributed by atoms with Gasteiger partial charge in [-0.2, -0.15) is 11.8 Å². The summed E-state index contributed by atoms with van der Waals surface area (Å²) in [5.41, 5.74) is 0. The normalized spacial score (nSPS) is 31.4. The average Bonchev–Trinajstić information content (AvgIpc) is 3.14. The van der Waals surface area contributed by atoms with Gasteiger partial charge in [0.15, 0.2) is 0 Å². The van der Waals surface area contributed by atoms with Crippen molar-refractivity contribution in [1.82, 2.24) is 15.5 Å². The predicted octanol–water partition coefficient (Wildman–Crippen LogP) is 0.824. The van der Waals surface area contributed by atoms with E-state index in [-0.39, 0.29) is 0 Å². The number of thioether (sulfide) groups is 1. The van der Waals surface area contributed by atoms with E-state index in [0.29, 0.717) is 30.5 Å². The van der Waals surface area contributed by atoms with E-state index < -0.39 is 0 Å². The molecule has 0 aromatic heterocycles. The maximum atomic E-state index is 12.5. The molecule has 3 fully saturated rings. The highest BCUT2D eigenvalue weighted by atomic mass is 32.2. The van der Waals surface area contributed by atoms with Crippen LogP contribution in [0.2, 0.25) is 0 Å². The lowest BCUT2D eigenvalue weighted by Crippen LogP contribution is -2.46. The van der Waals surface area contributed by atoms with E-state index in [0.717, 1.165) is 25.4 Å². The van der Waals surface area contributed by atoms with Crippen molar-refractivity contribution in [3.05, 3.63) is 0 Å². The van der Waals surface area contributed by atoms with Crippen LogP contribution in [0.4, 0.5) is 0 Å². The van der Waals surface area contributed by atoms with Crippen LogP contribution < -0.4 is 10.6 Å². The Labute approximate surface area is 120 Å². The minimum atomic E-state index is 0.371. The number of carbonyl (C=O) groups is 1. The van der Waals surface area contributed by atoms with Crippen LogP contribution in [0.15, 0.2) is 0 Å². The highest BCUT2D eigenvalue weighted by Gasteiger charge is 2.35. The number of nitrogens with zero attached hydrogens (tertiary/aromatic N) is 1. The number of hydrogen-bond acceptors (Lipinski definition) is 4. The van der Waals surface area contributed by atoms with Crippen molar-refractivity contribution < 1.29 is 4.79 Å². The monoisotopic (exact) mass is 283 g/mol. The summed E-state index contributed by atoms with van der Waals surface area (Å²) < 4.78 is 0. The van der Waals surface area contributed by atoms with Gasteiger partial charge in [-0.05, 0) is 32.2 Å². The Balaban J connectivity index is 1.51. The summed E-state index contributed by atoms with van der Waals surface area (Å²) in [6, 6.07) is 1.48. The van der Waals surface area contributed by atoms with E-state index >= 15 is 0 Å². The van der Waals surface area contributed by atoms with Crippen LogP contribution >= 0.6 is 11.8 Å². The quantitative estimate of drug-likeness (QED) is 0.784. The molecule has 0 aromatic carbocycles. The molecule has 3 rings (SSSR count). The van der Waals surface area contributed by atoms with Crippen molar-refractivity contribution >= 4 is 17.7 Å². The summed E-state index contributed by atoms with van der Waals surface area (Å²) in [6.07, 6.45) is 5.61. The molecular formula is C14H25N3OS. The summed E-state index contributed by atoms with van der Waals surface area (Å²) in [7, 11) is 0. The molecule has 2 saturated heterocycles. The summed E-state index contributed by atoms with van der Waals surface area (Å²) in [4.78, 5) is 14.7. The maximum absolute atomic E-state index is 12.5. The number of hydrogen-bond donors (Lipinski definition) is 2. The lowest BCUT2D eigenvalue weighted by molar-refractivity contribution is -0.132. The van der Waals surface area contributed by atoms with Gasteiger partial charge >= 0.3 is 0 Å². The molecule has 0 bridgehead atoms. The lowest BCUT2D eigenvalue weighted by Gasteiger charge is -2.29. The molecule has 0 radical (unpaired) electrons. The molecule has 2 atom stereocenters. The number of amides is 1. The Hall–Kier alpha value is -0.260. The van der Waals surface area contributed by atoms with E-state index in [4.69, 9.17) is 0 Å². The second-order valence-corrected chi connectivity index (χ2v) is 7.15. The van der Waals surface area contributed by atoms with Gasteiger partial charge in [0.2, 0.25) is 5.91 Å². The van der Waals surface area contributed by atoms with Crippen molar-refractivity contribution in [2.24, 2.45) is 0 Å². The van der Waals surface area contributed by atoms with Gasteiger partial charge in [-0.3, -0.25) is 4.79 Å². The molecule has 5 heteroatoms. The molecule has 2 aliphatic heterocycles. The van der Waals surface area contributed by atoms with Crippen molar-refractivity contribution in [2.75, 3.05) is 31.1 Å². The van der Waals surface area contributed by atoms with E-state index in [2.05, 4.69) is 15.5 Å². The Morgan fingerprint density at radius 2 is 2.00 bits per heavy atom. The molecule has 2 N–H and O–H groups in total. The first-order valence-electron chi connectivity index (χ1n) is 7.67. The number of nitrogens with one attached hydrogen (secondary N) is 2. The fourth-order valence-electron chi connectivity index (χ4n) is 3.07. The van der Waals surface area contributed by atoms with Gasteiger partial charge in [0.1, 0.15) is 0 Å². The third-order valence-electron chi connectivity index (χ3n) is 4.31. The van der Waals surface area contributed by atoms with Crippen molar-refractivity contribution in [1.29, 1.82) is 0 Å². The standard InChI is InChI=1S/C14H25N3OS/c18-14(8-12-10-19-7-6-16-12)17(13-3-4-13)9-11-2-1-5-15-11/h11-13,15-16H,1-10H2/t11-,12+/m1/s1.